The molecule has 0 saturated carbocycles. The van der Waals surface area contributed by atoms with Crippen LogP contribution in [0.5, 0.6) is 0 Å². The number of carbonyl (C=O) groups excluding carboxylic acids is 2. The molecule has 1 fully saturated rings. The summed E-state index contributed by atoms with van der Waals surface area (Å²) < 4.78 is 5.33. The van der Waals surface area contributed by atoms with Gasteiger partial charge in [0.15, 0.2) is 6.61 Å². The second kappa shape index (κ2) is 7.99. The molecule has 0 aliphatic carbocycles. The van der Waals surface area contributed by atoms with Gasteiger partial charge in [-0.25, -0.2) is 9.78 Å². The number of thiazole rings is 1. The molecule has 0 radical (unpaired) electrons. The Morgan fingerprint density at radius 2 is 1.85 bits per heavy atom. The summed E-state index contributed by atoms with van der Waals surface area (Å²) in [7, 11) is 0. The second-order valence-electron chi connectivity index (χ2n) is 7.10. The Balaban J connectivity index is 1.67. The summed E-state index contributed by atoms with van der Waals surface area (Å²) in [5, 5.41) is 0.792. The van der Waals surface area contributed by atoms with Crippen molar-refractivity contribution in [3.8, 4) is 11.3 Å². The van der Waals surface area contributed by atoms with E-state index >= 15 is 0 Å². The van der Waals surface area contributed by atoms with Crippen molar-refractivity contribution in [2.75, 3.05) is 19.7 Å². The minimum atomic E-state index is -0.485. The standard InChI is InChI=1S/C20H24N2O3S/c1-13-9-14(2)11-22(10-13)17(23)12-25-20(24)19-18(21-15(3)26-19)16-7-5-4-6-8-16/h4-8,13-14H,9-12H2,1-3H3/t13-,14+. The predicted octanol–water partition coefficient (Wildman–Crippen LogP) is 3.78. The molecule has 1 amide bonds. The van der Waals surface area contributed by atoms with Crippen molar-refractivity contribution in [2.45, 2.75) is 27.2 Å². The second-order valence-corrected chi connectivity index (χ2v) is 8.30. The lowest BCUT2D eigenvalue weighted by molar-refractivity contribution is -0.137. The molecule has 1 aromatic carbocycles. The predicted molar refractivity (Wildman–Crippen MR) is 102 cm³/mol. The fourth-order valence-electron chi connectivity index (χ4n) is 3.51. The largest absolute Gasteiger partial charge is 0.451 e. The molecule has 26 heavy (non-hydrogen) atoms. The molecule has 138 valence electrons. The van der Waals surface area contributed by atoms with Gasteiger partial charge in [-0.15, -0.1) is 11.3 Å². The van der Waals surface area contributed by atoms with Crippen LogP contribution < -0.4 is 0 Å². The van der Waals surface area contributed by atoms with E-state index in [0.29, 0.717) is 22.4 Å². The van der Waals surface area contributed by atoms with Crippen LogP contribution in [0.25, 0.3) is 11.3 Å². The Kier molecular flexibility index (Phi) is 5.71. The molecule has 5 nitrogen and oxygen atoms in total. The topological polar surface area (TPSA) is 59.5 Å². The number of ether oxygens (including phenoxy) is 1. The fourth-order valence-corrected chi connectivity index (χ4v) is 4.34. The SMILES string of the molecule is Cc1nc(-c2ccccc2)c(C(=O)OCC(=O)N2C[C@H](C)C[C@H](C)C2)s1. The van der Waals surface area contributed by atoms with Crippen LogP contribution in [0.2, 0.25) is 0 Å². The number of esters is 1. The average molecular weight is 372 g/mol. The molecule has 0 spiro atoms. The Morgan fingerprint density at radius 1 is 1.19 bits per heavy atom. The van der Waals surface area contributed by atoms with E-state index < -0.39 is 5.97 Å². The quantitative estimate of drug-likeness (QED) is 0.767. The lowest BCUT2D eigenvalue weighted by Gasteiger charge is -2.34. The van der Waals surface area contributed by atoms with Gasteiger partial charge in [0.1, 0.15) is 4.88 Å². The number of amides is 1. The van der Waals surface area contributed by atoms with E-state index in [9.17, 15) is 9.59 Å². The van der Waals surface area contributed by atoms with Crippen LogP contribution >= 0.6 is 11.3 Å². The van der Waals surface area contributed by atoms with Gasteiger partial charge in [0.25, 0.3) is 5.91 Å². The number of aryl methyl sites for hydroxylation is 1. The number of hydrogen-bond acceptors (Lipinski definition) is 5. The van der Waals surface area contributed by atoms with E-state index in [0.717, 1.165) is 30.1 Å². The summed E-state index contributed by atoms with van der Waals surface area (Å²) in [4.78, 5) is 31.7. The molecule has 0 N–H and O–H groups in total. The minimum Gasteiger partial charge on any atom is -0.451 e. The van der Waals surface area contributed by atoms with Crippen molar-refractivity contribution < 1.29 is 14.3 Å². The first-order chi connectivity index (χ1) is 12.4. The fraction of sp³-hybridized carbons (Fsp3) is 0.450. The van der Waals surface area contributed by atoms with E-state index in [2.05, 4.69) is 18.8 Å². The first kappa shape index (κ1) is 18.6. The van der Waals surface area contributed by atoms with Gasteiger partial charge in [-0.2, -0.15) is 0 Å². The number of hydrogen-bond donors (Lipinski definition) is 0. The molecule has 6 heteroatoms. The number of nitrogens with zero attached hydrogens (tertiary/aromatic N) is 2. The zero-order valence-corrected chi connectivity index (χ0v) is 16.2. The van der Waals surface area contributed by atoms with E-state index in [1.54, 1.807) is 0 Å². The van der Waals surface area contributed by atoms with E-state index in [1.165, 1.54) is 11.3 Å². The molecular weight excluding hydrogens is 348 g/mol. The number of rotatable bonds is 4. The lowest BCUT2D eigenvalue weighted by Crippen LogP contribution is -2.44. The Labute approximate surface area is 158 Å². The maximum Gasteiger partial charge on any atom is 0.351 e. The number of benzene rings is 1. The van der Waals surface area contributed by atoms with Gasteiger partial charge in [0, 0.05) is 18.7 Å². The van der Waals surface area contributed by atoms with Gasteiger partial charge < -0.3 is 9.64 Å². The van der Waals surface area contributed by atoms with Crippen molar-refractivity contribution in [1.29, 1.82) is 0 Å². The highest BCUT2D eigenvalue weighted by Gasteiger charge is 2.27. The molecule has 1 aliphatic rings. The summed E-state index contributed by atoms with van der Waals surface area (Å²) in [5.41, 5.74) is 1.49. The first-order valence-corrected chi connectivity index (χ1v) is 9.73. The normalized spacial score (nSPS) is 20.0. The number of likely N-dealkylation sites (tertiary alicyclic amines) is 1. The van der Waals surface area contributed by atoms with Gasteiger partial charge in [-0.1, -0.05) is 44.2 Å². The van der Waals surface area contributed by atoms with Crippen LogP contribution in [-0.4, -0.2) is 41.5 Å². The van der Waals surface area contributed by atoms with Crippen molar-refractivity contribution in [2.24, 2.45) is 11.8 Å². The molecule has 3 rings (SSSR count). The lowest BCUT2D eigenvalue weighted by atomic mass is 9.92. The summed E-state index contributed by atoms with van der Waals surface area (Å²) in [6, 6.07) is 9.54. The molecular formula is C20H24N2O3S. The molecule has 2 heterocycles. The van der Waals surface area contributed by atoms with Crippen molar-refractivity contribution in [3.63, 3.8) is 0 Å². The highest BCUT2D eigenvalue weighted by Crippen LogP contribution is 2.28. The summed E-state index contributed by atoms with van der Waals surface area (Å²) >= 11 is 1.29. The third-order valence-corrected chi connectivity index (χ3v) is 5.47. The van der Waals surface area contributed by atoms with Crippen molar-refractivity contribution >= 4 is 23.2 Å². The minimum absolute atomic E-state index is 0.126. The molecule has 0 bridgehead atoms. The first-order valence-electron chi connectivity index (χ1n) is 8.91. The number of piperidine rings is 1. The summed E-state index contributed by atoms with van der Waals surface area (Å²) in [6.45, 7) is 7.40. The van der Waals surface area contributed by atoms with Crippen molar-refractivity contribution in [3.05, 3.63) is 40.2 Å². The number of aromatic nitrogens is 1. The van der Waals surface area contributed by atoms with Crippen LogP contribution in [0.3, 0.4) is 0 Å². The monoisotopic (exact) mass is 372 g/mol. The van der Waals surface area contributed by atoms with Gasteiger partial charge >= 0.3 is 5.97 Å². The molecule has 2 aromatic rings. The third-order valence-electron chi connectivity index (χ3n) is 4.52. The smallest absolute Gasteiger partial charge is 0.351 e. The van der Waals surface area contributed by atoms with E-state index in [-0.39, 0.29) is 12.5 Å². The zero-order chi connectivity index (χ0) is 18.7. The average Bonchev–Trinajstić information content (AvgIpc) is 3.01. The highest BCUT2D eigenvalue weighted by atomic mass is 32.1. The maximum atomic E-state index is 12.5. The van der Waals surface area contributed by atoms with E-state index in [1.807, 2.05) is 42.2 Å². The van der Waals surface area contributed by atoms with Crippen LogP contribution in [-0.2, 0) is 9.53 Å². The van der Waals surface area contributed by atoms with Gasteiger partial charge in [-0.3, -0.25) is 4.79 Å². The molecule has 1 aliphatic heterocycles. The van der Waals surface area contributed by atoms with Gasteiger partial charge in [-0.05, 0) is 25.2 Å². The molecule has 1 aromatic heterocycles. The molecule has 0 unspecified atom stereocenters. The van der Waals surface area contributed by atoms with Crippen LogP contribution in [0, 0.1) is 18.8 Å². The van der Waals surface area contributed by atoms with Crippen LogP contribution in [0.1, 0.15) is 34.9 Å². The highest BCUT2D eigenvalue weighted by molar-refractivity contribution is 7.14. The zero-order valence-electron chi connectivity index (χ0n) is 15.4. The molecule has 1 saturated heterocycles. The third kappa shape index (κ3) is 4.30. The summed E-state index contributed by atoms with van der Waals surface area (Å²) in [6.07, 6.45) is 1.13. The summed E-state index contributed by atoms with van der Waals surface area (Å²) in [5.74, 6) is 0.347. The maximum absolute atomic E-state index is 12.5. The van der Waals surface area contributed by atoms with Crippen LogP contribution in [0.15, 0.2) is 30.3 Å². The Hall–Kier alpha value is -2.21. The van der Waals surface area contributed by atoms with Gasteiger partial charge in [0.2, 0.25) is 0 Å². The van der Waals surface area contributed by atoms with E-state index in [4.69, 9.17) is 4.74 Å². The van der Waals surface area contributed by atoms with Gasteiger partial charge in [0.05, 0.1) is 10.7 Å². The number of carbonyl (C=O) groups is 2. The van der Waals surface area contributed by atoms with Crippen LogP contribution in [0.4, 0.5) is 0 Å². The Morgan fingerprint density at radius 3 is 2.50 bits per heavy atom. The molecule has 2 atom stereocenters. The van der Waals surface area contributed by atoms with Crippen molar-refractivity contribution in [1.82, 2.24) is 9.88 Å². The Bertz CT molecular complexity index is 778.